The summed E-state index contributed by atoms with van der Waals surface area (Å²) < 4.78 is 16.7. The van der Waals surface area contributed by atoms with E-state index in [1.54, 1.807) is 24.8 Å². The third kappa shape index (κ3) is 6.81. The number of hydrogen-bond donors (Lipinski definition) is 0. The second kappa shape index (κ2) is 12.7. The predicted molar refractivity (Wildman–Crippen MR) is 133 cm³/mol. The lowest BCUT2D eigenvalue weighted by Gasteiger charge is -2.20. The van der Waals surface area contributed by atoms with Crippen LogP contribution < -0.4 is 14.4 Å². The molecule has 0 fully saturated rings. The number of benzene rings is 2. The summed E-state index contributed by atoms with van der Waals surface area (Å²) in [6.07, 6.45) is 1.50. The number of ether oxygens (including phenoxy) is 3. The molecule has 3 rings (SSSR count). The Labute approximate surface area is 204 Å². The van der Waals surface area contributed by atoms with Gasteiger partial charge in [0.05, 0.1) is 13.2 Å². The molecule has 0 aliphatic rings. The van der Waals surface area contributed by atoms with Crippen LogP contribution in [0.15, 0.2) is 54.6 Å². The summed E-state index contributed by atoms with van der Waals surface area (Å²) in [6, 6.07) is 17.2. The molecule has 0 saturated heterocycles. The van der Waals surface area contributed by atoms with Gasteiger partial charge >= 0.3 is 5.97 Å². The fourth-order valence-corrected chi connectivity index (χ4v) is 4.16. The highest BCUT2D eigenvalue weighted by atomic mass is 32.1. The van der Waals surface area contributed by atoms with Crippen LogP contribution in [0.1, 0.15) is 41.2 Å². The molecule has 180 valence electrons. The Balaban J connectivity index is 1.79. The smallest absolute Gasteiger partial charge is 0.358 e. The molecule has 1 amide bonds. The Morgan fingerprint density at radius 2 is 1.65 bits per heavy atom. The highest BCUT2D eigenvalue weighted by Crippen LogP contribution is 2.29. The van der Waals surface area contributed by atoms with Crippen LogP contribution in [0.3, 0.4) is 0 Å². The first-order valence-corrected chi connectivity index (χ1v) is 12.2. The zero-order valence-corrected chi connectivity index (χ0v) is 20.6. The van der Waals surface area contributed by atoms with E-state index in [0.717, 1.165) is 12.0 Å². The summed E-state index contributed by atoms with van der Waals surface area (Å²) in [6.45, 7) is 6.60. The molecule has 0 N–H and O–H groups in total. The van der Waals surface area contributed by atoms with Crippen molar-refractivity contribution in [3.63, 3.8) is 0 Å². The van der Waals surface area contributed by atoms with Gasteiger partial charge in [0, 0.05) is 11.4 Å². The van der Waals surface area contributed by atoms with Crippen molar-refractivity contribution < 1.29 is 23.8 Å². The van der Waals surface area contributed by atoms with Crippen molar-refractivity contribution in [1.29, 1.82) is 0 Å². The average Bonchev–Trinajstić information content (AvgIpc) is 3.24. The van der Waals surface area contributed by atoms with E-state index in [0.29, 0.717) is 41.1 Å². The summed E-state index contributed by atoms with van der Waals surface area (Å²) in [5, 5.41) is 0.445. The molecule has 2 aromatic carbocycles. The predicted octanol–water partition coefficient (Wildman–Crippen LogP) is 5.07. The van der Waals surface area contributed by atoms with Gasteiger partial charge in [0.25, 0.3) is 5.91 Å². The molecule has 34 heavy (non-hydrogen) atoms. The number of carbonyl (C=O) groups excluding carboxylic acids is 2. The molecule has 1 aromatic heterocycles. The van der Waals surface area contributed by atoms with Crippen molar-refractivity contribution >= 4 is 28.3 Å². The van der Waals surface area contributed by atoms with E-state index >= 15 is 0 Å². The number of para-hydroxylation sites is 2. The van der Waals surface area contributed by atoms with Crippen LogP contribution in [0.25, 0.3) is 0 Å². The topological polar surface area (TPSA) is 78.0 Å². The highest BCUT2D eigenvalue weighted by Gasteiger charge is 2.24. The summed E-state index contributed by atoms with van der Waals surface area (Å²) >= 11 is 1.29. The lowest BCUT2D eigenvalue weighted by Crippen LogP contribution is -2.36. The molecule has 1 heterocycles. The third-order valence-electron chi connectivity index (χ3n) is 4.91. The van der Waals surface area contributed by atoms with Crippen LogP contribution in [-0.2, 0) is 16.0 Å². The van der Waals surface area contributed by atoms with E-state index in [-0.39, 0.29) is 24.8 Å². The summed E-state index contributed by atoms with van der Waals surface area (Å²) in [5.41, 5.74) is 1.33. The highest BCUT2D eigenvalue weighted by molar-refractivity contribution is 7.16. The normalized spacial score (nSPS) is 10.6. The first-order chi connectivity index (χ1) is 16.5. The number of anilines is 1. The maximum absolute atomic E-state index is 13.3. The van der Waals surface area contributed by atoms with Gasteiger partial charge in [-0.2, -0.15) is 0 Å². The van der Waals surface area contributed by atoms with Gasteiger partial charge in [-0.1, -0.05) is 49.4 Å². The Hall–Kier alpha value is -3.39. The number of esters is 1. The minimum atomic E-state index is -0.490. The van der Waals surface area contributed by atoms with Crippen LogP contribution in [-0.4, -0.2) is 43.2 Å². The van der Waals surface area contributed by atoms with Crippen LogP contribution in [0.4, 0.5) is 5.13 Å². The first-order valence-electron chi connectivity index (χ1n) is 11.4. The van der Waals surface area contributed by atoms with Crippen molar-refractivity contribution in [2.24, 2.45) is 0 Å². The van der Waals surface area contributed by atoms with Crippen LogP contribution in [0.5, 0.6) is 11.5 Å². The van der Waals surface area contributed by atoms with Crippen LogP contribution in [0.2, 0.25) is 0 Å². The molecule has 0 saturated carbocycles. The van der Waals surface area contributed by atoms with Crippen molar-refractivity contribution in [1.82, 2.24) is 4.98 Å². The third-order valence-corrected chi connectivity index (χ3v) is 5.91. The Morgan fingerprint density at radius 3 is 2.32 bits per heavy atom. The maximum Gasteiger partial charge on any atom is 0.358 e. The van der Waals surface area contributed by atoms with Gasteiger partial charge < -0.3 is 14.2 Å². The van der Waals surface area contributed by atoms with E-state index in [1.165, 1.54) is 11.3 Å². The Kier molecular flexibility index (Phi) is 9.46. The van der Waals surface area contributed by atoms with Gasteiger partial charge in [-0.3, -0.25) is 9.69 Å². The summed E-state index contributed by atoms with van der Waals surface area (Å²) in [4.78, 5) is 32.3. The molecule has 0 radical (unpaired) electrons. The number of amides is 1. The van der Waals surface area contributed by atoms with E-state index in [2.05, 4.69) is 4.98 Å². The molecule has 0 atom stereocenters. The van der Waals surface area contributed by atoms with Gasteiger partial charge in [-0.05, 0) is 44.4 Å². The van der Waals surface area contributed by atoms with Gasteiger partial charge in [-0.25, -0.2) is 9.78 Å². The fraction of sp³-hybridized carbons (Fsp3) is 0.346. The zero-order chi connectivity index (χ0) is 24.3. The van der Waals surface area contributed by atoms with Crippen LogP contribution >= 0.6 is 11.3 Å². The van der Waals surface area contributed by atoms with Gasteiger partial charge in [0.1, 0.15) is 0 Å². The minimum Gasteiger partial charge on any atom is -0.490 e. The lowest BCUT2D eigenvalue weighted by atomic mass is 10.1. The van der Waals surface area contributed by atoms with Crippen molar-refractivity contribution in [2.45, 2.75) is 33.6 Å². The molecular weight excluding hydrogens is 452 g/mol. The summed E-state index contributed by atoms with van der Waals surface area (Å²) in [7, 11) is 0. The zero-order valence-electron chi connectivity index (χ0n) is 19.8. The number of rotatable bonds is 12. The van der Waals surface area contributed by atoms with Crippen LogP contribution in [0, 0.1) is 6.92 Å². The molecule has 0 spiro atoms. The molecule has 0 unspecified atom stereocenters. The molecule has 0 aliphatic heterocycles. The maximum atomic E-state index is 13.3. The Morgan fingerprint density at radius 1 is 0.971 bits per heavy atom. The van der Waals surface area contributed by atoms with Gasteiger partial charge in [0.2, 0.25) is 0 Å². The van der Waals surface area contributed by atoms with Gasteiger partial charge in [0.15, 0.2) is 28.9 Å². The van der Waals surface area contributed by atoms with Crippen molar-refractivity contribution in [2.75, 3.05) is 31.3 Å². The number of aryl methyl sites for hydroxylation is 1. The molecule has 8 heteroatoms. The molecule has 3 aromatic rings. The first kappa shape index (κ1) is 25.2. The largest absolute Gasteiger partial charge is 0.490 e. The lowest BCUT2D eigenvalue weighted by molar-refractivity contribution is -0.120. The van der Waals surface area contributed by atoms with Crippen molar-refractivity contribution in [3.8, 4) is 11.5 Å². The minimum absolute atomic E-state index is 0.186. The van der Waals surface area contributed by atoms with E-state index < -0.39 is 5.97 Å². The average molecular weight is 483 g/mol. The number of carbonyl (C=O) groups is 2. The van der Waals surface area contributed by atoms with E-state index in [4.69, 9.17) is 14.2 Å². The van der Waals surface area contributed by atoms with E-state index in [9.17, 15) is 9.59 Å². The monoisotopic (exact) mass is 482 g/mol. The number of nitrogens with zero attached hydrogens (tertiary/aromatic N) is 2. The second-order valence-corrected chi connectivity index (χ2v) is 8.67. The molecule has 0 aliphatic carbocycles. The second-order valence-electron chi connectivity index (χ2n) is 7.49. The summed E-state index contributed by atoms with van der Waals surface area (Å²) in [5.74, 6) is 0.360. The molecule has 0 bridgehead atoms. The number of aromatic nitrogens is 1. The number of hydrogen-bond acceptors (Lipinski definition) is 7. The molecule has 7 nitrogen and oxygen atoms in total. The fourth-order valence-electron chi connectivity index (χ4n) is 3.22. The quantitative estimate of drug-likeness (QED) is 0.335. The SMILES string of the molecule is CCCOc1ccccc1OCC(=O)N(CCc1ccccc1)c1nc(C(=O)OCC)c(C)s1. The molecular formula is C26H30N2O5S. The standard InChI is InChI=1S/C26H30N2O5S/c1-4-17-32-21-13-9-10-14-22(21)33-18-23(29)28(16-15-20-11-7-6-8-12-20)26-27-24(19(3)34-26)25(30)31-5-2/h6-14H,4-5,15-18H2,1-3H3. The van der Waals surface area contributed by atoms with Crippen molar-refractivity contribution in [3.05, 3.63) is 70.7 Å². The van der Waals surface area contributed by atoms with Gasteiger partial charge in [-0.15, -0.1) is 11.3 Å². The van der Waals surface area contributed by atoms with E-state index in [1.807, 2.05) is 55.5 Å². The Bertz CT molecular complexity index is 1080. The number of thiazole rings is 1.